The van der Waals surface area contributed by atoms with Crippen LogP contribution in [0.5, 0.6) is 0 Å². The molecule has 0 radical (unpaired) electrons. The Hall–Kier alpha value is -3.20. The van der Waals surface area contributed by atoms with Crippen LogP contribution in [0.3, 0.4) is 0 Å². The molecule has 4 N–H and O–H groups in total. The first kappa shape index (κ1) is 22.1. The van der Waals surface area contributed by atoms with Crippen molar-refractivity contribution >= 4 is 17.8 Å². The van der Waals surface area contributed by atoms with Crippen LogP contribution in [-0.2, 0) is 16.0 Å². The fraction of sp³-hybridized carbons (Fsp3) is 0.400. The van der Waals surface area contributed by atoms with Crippen LogP contribution in [0.25, 0.3) is 0 Å². The standard InChI is InChI=1S/C20H27N5O4/c1-14(2)10-17(20(28)29)25(24-9-8-16-11-21-13-23-16)18(26)12-22-19(27)15-6-4-3-5-7-15/h3-7,11,13-14,17,24H,8-10,12H2,1-2H3,(H,21,23)(H,22,27)(H,28,29). The van der Waals surface area contributed by atoms with E-state index < -0.39 is 23.8 Å². The molecular weight excluding hydrogens is 374 g/mol. The van der Waals surface area contributed by atoms with E-state index in [1.165, 1.54) is 0 Å². The van der Waals surface area contributed by atoms with Gasteiger partial charge in [-0.1, -0.05) is 32.0 Å². The molecule has 0 aliphatic rings. The maximum Gasteiger partial charge on any atom is 0.328 e. The lowest BCUT2D eigenvalue weighted by atomic mass is 10.0. The Labute approximate surface area is 169 Å². The summed E-state index contributed by atoms with van der Waals surface area (Å²) in [4.78, 5) is 43.6. The summed E-state index contributed by atoms with van der Waals surface area (Å²) in [7, 11) is 0. The number of hydrogen-bond donors (Lipinski definition) is 4. The second-order valence-electron chi connectivity index (χ2n) is 7.03. The summed E-state index contributed by atoms with van der Waals surface area (Å²) >= 11 is 0. The van der Waals surface area contributed by atoms with Crippen molar-refractivity contribution in [3.8, 4) is 0 Å². The number of carbonyl (C=O) groups excluding carboxylic acids is 2. The quantitative estimate of drug-likeness (QED) is 0.419. The first-order valence-corrected chi connectivity index (χ1v) is 9.47. The van der Waals surface area contributed by atoms with E-state index in [-0.39, 0.29) is 18.9 Å². The minimum absolute atomic E-state index is 0.0692. The number of amides is 2. The van der Waals surface area contributed by atoms with Crippen molar-refractivity contribution in [3.63, 3.8) is 0 Å². The van der Waals surface area contributed by atoms with E-state index in [1.54, 1.807) is 42.9 Å². The van der Waals surface area contributed by atoms with Crippen molar-refractivity contribution in [3.05, 3.63) is 54.1 Å². The molecule has 0 fully saturated rings. The Kier molecular flexibility index (Phi) is 8.35. The fourth-order valence-electron chi connectivity index (χ4n) is 2.80. The van der Waals surface area contributed by atoms with Crippen LogP contribution in [0.4, 0.5) is 0 Å². The monoisotopic (exact) mass is 401 g/mol. The fourth-order valence-corrected chi connectivity index (χ4v) is 2.80. The lowest BCUT2D eigenvalue weighted by molar-refractivity contribution is -0.153. The van der Waals surface area contributed by atoms with Gasteiger partial charge in [0.15, 0.2) is 0 Å². The Balaban J connectivity index is 2.03. The normalized spacial score (nSPS) is 11.8. The van der Waals surface area contributed by atoms with Gasteiger partial charge < -0.3 is 15.4 Å². The number of benzene rings is 1. The average molecular weight is 401 g/mol. The van der Waals surface area contributed by atoms with Crippen molar-refractivity contribution in [2.24, 2.45) is 5.92 Å². The molecule has 2 aromatic rings. The molecule has 0 saturated heterocycles. The summed E-state index contributed by atoms with van der Waals surface area (Å²) < 4.78 is 0. The number of H-pyrrole nitrogens is 1. The Morgan fingerprint density at radius 2 is 1.93 bits per heavy atom. The highest BCUT2D eigenvalue weighted by molar-refractivity contribution is 5.96. The molecule has 0 bridgehead atoms. The summed E-state index contributed by atoms with van der Waals surface area (Å²) in [6.45, 7) is 3.80. The van der Waals surface area contributed by atoms with Gasteiger partial charge in [0.25, 0.3) is 11.8 Å². The van der Waals surface area contributed by atoms with Gasteiger partial charge in [-0.2, -0.15) is 0 Å². The molecule has 9 heteroatoms. The number of hydrazine groups is 1. The first-order chi connectivity index (χ1) is 13.9. The van der Waals surface area contributed by atoms with Crippen molar-refractivity contribution in [1.29, 1.82) is 0 Å². The predicted molar refractivity (Wildman–Crippen MR) is 107 cm³/mol. The van der Waals surface area contributed by atoms with Crippen molar-refractivity contribution < 1.29 is 19.5 Å². The van der Waals surface area contributed by atoms with Crippen LogP contribution >= 0.6 is 0 Å². The van der Waals surface area contributed by atoms with Crippen LogP contribution < -0.4 is 10.7 Å². The van der Waals surface area contributed by atoms with Gasteiger partial charge in [0.1, 0.15) is 6.04 Å². The molecule has 1 unspecified atom stereocenters. The molecule has 2 rings (SSSR count). The second-order valence-corrected chi connectivity index (χ2v) is 7.03. The molecule has 0 aliphatic heterocycles. The molecule has 29 heavy (non-hydrogen) atoms. The van der Waals surface area contributed by atoms with Gasteiger partial charge in [0, 0.05) is 30.4 Å². The Bertz CT molecular complexity index is 792. The topological polar surface area (TPSA) is 127 Å². The molecule has 1 aromatic heterocycles. The van der Waals surface area contributed by atoms with Gasteiger partial charge in [0.05, 0.1) is 12.9 Å². The van der Waals surface area contributed by atoms with E-state index in [1.807, 2.05) is 13.8 Å². The number of imidazole rings is 1. The van der Waals surface area contributed by atoms with Crippen molar-refractivity contribution in [2.75, 3.05) is 13.1 Å². The second kappa shape index (κ2) is 11.0. The number of aromatic nitrogens is 2. The number of nitrogens with one attached hydrogen (secondary N) is 3. The summed E-state index contributed by atoms with van der Waals surface area (Å²) in [5.74, 6) is -1.95. The van der Waals surface area contributed by atoms with Crippen LogP contribution in [0, 0.1) is 5.92 Å². The summed E-state index contributed by atoms with van der Waals surface area (Å²) in [6, 6.07) is 7.47. The first-order valence-electron chi connectivity index (χ1n) is 9.47. The predicted octanol–water partition coefficient (Wildman–Crippen LogP) is 1.21. The molecule has 1 atom stereocenters. The molecule has 0 spiro atoms. The van der Waals surface area contributed by atoms with E-state index in [2.05, 4.69) is 20.7 Å². The lowest BCUT2D eigenvalue weighted by Gasteiger charge is -2.30. The van der Waals surface area contributed by atoms with Gasteiger partial charge in [-0.05, 0) is 24.5 Å². The minimum Gasteiger partial charge on any atom is -0.480 e. The van der Waals surface area contributed by atoms with E-state index in [9.17, 15) is 19.5 Å². The summed E-state index contributed by atoms with van der Waals surface area (Å²) in [5.41, 5.74) is 4.20. The maximum atomic E-state index is 12.8. The van der Waals surface area contributed by atoms with E-state index in [0.717, 1.165) is 10.7 Å². The van der Waals surface area contributed by atoms with Gasteiger partial charge in [-0.25, -0.2) is 15.2 Å². The number of carbonyl (C=O) groups is 3. The molecule has 2 amide bonds. The third-order valence-corrected chi connectivity index (χ3v) is 4.23. The van der Waals surface area contributed by atoms with Crippen LogP contribution in [0.15, 0.2) is 42.9 Å². The van der Waals surface area contributed by atoms with Crippen LogP contribution in [0.1, 0.15) is 36.3 Å². The zero-order valence-corrected chi connectivity index (χ0v) is 16.6. The van der Waals surface area contributed by atoms with E-state index in [0.29, 0.717) is 18.5 Å². The lowest BCUT2D eigenvalue weighted by Crippen LogP contribution is -2.56. The number of carboxylic acid groups (broad SMARTS) is 1. The van der Waals surface area contributed by atoms with Gasteiger partial charge in [-0.3, -0.25) is 14.6 Å². The number of aliphatic carboxylic acids is 1. The minimum atomic E-state index is -1.10. The molecule has 156 valence electrons. The molecule has 9 nitrogen and oxygen atoms in total. The number of hydrogen-bond acceptors (Lipinski definition) is 5. The largest absolute Gasteiger partial charge is 0.480 e. The molecule has 0 aliphatic carbocycles. The molecule has 1 aromatic carbocycles. The third-order valence-electron chi connectivity index (χ3n) is 4.23. The highest BCUT2D eigenvalue weighted by atomic mass is 16.4. The smallest absolute Gasteiger partial charge is 0.328 e. The van der Waals surface area contributed by atoms with E-state index >= 15 is 0 Å². The Morgan fingerprint density at radius 1 is 1.21 bits per heavy atom. The highest BCUT2D eigenvalue weighted by Gasteiger charge is 2.30. The van der Waals surface area contributed by atoms with Gasteiger partial charge in [-0.15, -0.1) is 0 Å². The highest BCUT2D eigenvalue weighted by Crippen LogP contribution is 2.11. The van der Waals surface area contributed by atoms with Crippen LogP contribution in [-0.4, -0.2) is 57.0 Å². The molecule has 0 saturated carbocycles. The maximum absolute atomic E-state index is 12.8. The number of carboxylic acids is 1. The van der Waals surface area contributed by atoms with Crippen LogP contribution in [0.2, 0.25) is 0 Å². The molecular formula is C20H27N5O4. The number of rotatable bonds is 11. The van der Waals surface area contributed by atoms with Gasteiger partial charge >= 0.3 is 5.97 Å². The molecule has 1 heterocycles. The van der Waals surface area contributed by atoms with Crippen molar-refractivity contribution in [1.82, 2.24) is 25.7 Å². The number of nitrogens with zero attached hydrogens (tertiary/aromatic N) is 2. The third kappa shape index (κ3) is 7.04. The van der Waals surface area contributed by atoms with Crippen molar-refractivity contribution in [2.45, 2.75) is 32.7 Å². The van der Waals surface area contributed by atoms with E-state index in [4.69, 9.17) is 0 Å². The summed E-state index contributed by atoms with van der Waals surface area (Å²) in [5, 5.41) is 13.3. The average Bonchev–Trinajstić information content (AvgIpc) is 3.21. The Morgan fingerprint density at radius 3 is 2.52 bits per heavy atom. The summed E-state index contributed by atoms with van der Waals surface area (Å²) in [6.07, 6.45) is 4.03. The SMILES string of the molecule is CC(C)CC(C(=O)O)N(NCCc1cnc[nH]1)C(=O)CNC(=O)c1ccccc1. The number of aromatic amines is 1. The zero-order valence-electron chi connectivity index (χ0n) is 16.6. The van der Waals surface area contributed by atoms with Gasteiger partial charge in [0.2, 0.25) is 0 Å². The zero-order chi connectivity index (χ0) is 21.2.